The molecule has 0 aliphatic carbocycles. The molecule has 0 radical (unpaired) electrons. The summed E-state index contributed by atoms with van der Waals surface area (Å²) in [6, 6.07) is 2.56. The average Bonchev–Trinajstić information content (AvgIpc) is 3.11. The summed E-state index contributed by atoms with van der Waals surface area (Å²) in [6.45, 7) is 0.420. The van der Waals surface area contributed by atoms with Gasteiger partial charge in [-0.1, -0.05) is 0 Å². The maximum absolute atomic E-state index is 12.7. The first-order chi connectivity index (χ1) is 12.7. The van der Waals surface area contributed by atoms with Crippen molar-refractivity contribution >= 4 is 11.8 Å². The molecule has 1 aliphatic heterocycles. The standard InChI is InChI=1S/C15H13F3N4O5/c16-15(17,18)11-5-6-19-14(20-11)26-9-2-1-7-21(8-9)13(23)10-3-4-12(27-10)22(24)25/h3-6,9H,1-2,7-8H2. The van der Waals surface area contributed by atoms with Crippen LogP contribution in [0.25, 0.3) is 0 Å². The second-order valence-electron chi connectivity index (χ2n) is 5.75. The number of alkyl halides is 3. The van der Waals surface area contributed by atoms with Crippen molar-refractivity contribution in [3.63, 3.8) is 0 Å². The summed E-state index contributed by atoms with van der Waals surface area (Å²) in [6.07, 6.45) is -3.28. The van der Waals surface area contributed by atoms with Crippen LogP contribution in [0.4, 0.5) is 19.1 Å². The van der Waals surface area contributed by atoms with Gasteiger partial charge in [0, 0.05) is 12.7 Å². The molecule has 1 aliphatic rings. The molecule has 0 bridgehead atoms. The number of carbonyl (C=O) groups excluding carboxylic acids is 1. The van der Waals surface area contributed by atoms with Crippen LogP contribution >= 0.6 is 0 Å². The number of likely N-dealkylation sites (tertiary alicyclic amines) is 1. The lowest BCUT2D eigenvalue weighted by molar-refractivity contribution is -0.402. The highest BCUT2D eigenvalue weighted by Crippen LogP contribution is 2.28. The minimum absolute atomic E-state index is 0.0624. The van der Waals surface area contributed by atoms with Gasteiger partial charge in [0.15, 0.2) is 11.5 Å². The number of hydrogen-bond donors (Lipinski definition) is 0. The molecule has 27 heavy (non-hydrogen) atoms. The molecule has 1 unspecified atom stereocenters. The number of carbonyl (C=O) groups is 1. The summed E-state index contributed by atoms with van der Waals surface area (Å²) in [5, 5.41) is 10.6. The third-order valence-corrected chi connectivity index (χ3v) is 3.84. The predicted molar refractivity (Wildman–Crippen MR) is 81.9 cm³/mol. The Bertz CT molecular complexity index is 854. The summed E-state index contributed by atoms with van der Waals surface area (Å²) >= 11 is 0. The number of nitro groups is 1. The molecule has 1 amide bonds. The topological polar surface area (TPSA) is 112 Å². The van der Waals surface area contributed by atoms with E-state index in [0.29, 0.717) is 19.4 Å². The van der Waals surface area contributed by atoms with Crippen LogP contribution in [0.1, 0.15) is 29.1 Å². The minimum Gasteiger partial charge on any atom is -0.458 e. The molecule has 0 spiro atoms. The Morgan fingerprint density at radius 3 is 2.81 bits per heavy atom. The van der Waals surface area contributed by atoms with Crippen molar-refractivity contribution in [1.29, 1.82) is 0 Å². The van der Waals surface area contributed by atoms with Crippen molar-refractivity contribution in [3.05, 3.63) is 46.0 Å². The summed E-state index contributed by atoms with van der Waals surface area (Å²) in [7, 11) is 0. The Labute approximate surface area is 149 Å². The van der Waals surface area contributed by atoms with Gasteiger partial charge < -0.3 is 14.1 Å². The van der Waals surface area contributed by atoms with E-state index in [1.807, 2.05) is 0 Å². The van der Waals surface area contributed by atoms with E-state index in [9.17, 15) is 28.1 Å². The molecule has 0 saturated carbocycles. The van der Waals surface area contributed by atoms with E-state index in [-0.39, 0.29) is 12.3 Å². The summed E-state index contributed by atoms with van der Waals surface area (Å²) in [4.78, 5) is 30.6. The molecule has 1 atom stereocenters. The maximum atomic E-state index is 12.7. The van der Waals surface area contributed by atoms with Crippen molar-refractivity contribution in [3.8, 4) is 6.01 Å². The fraction of sp³-hybridized carbons (Fsp3) is 0.400. The summed E-state index contributed by atoms with van der Waals surface area (Å²) in [5.74, 6) is -1.32. The van der Waals surface area contributed by atoms with Crippen LogP contribution in [0.3, 0.4) is 0 Å². The van der Waals surface area contributed by atoms with E-state index >= 15 is 0 Å². The second kappa shape index (κ2) is 7.21. The molecular weight excluding hydrogens is 373 g/mol. The molecule has 1 saturated heterocycles. The summed E-state index contributed by atoms with van der Waals surface area (Å²) in [5.41, 5.74) is -1.13. The van der Waals surface area contributed by atoms with Crippen LogP contribution in [0, 0.1) is 10.1 Å². The van der Waals surface area contributed by atoms with Crippen molar-refractivity contribution < 1.29 is 32.0 Å². The van der Waals surface area contributed by atoms with E-state index in [1.54, 1.807) is 0 Å². The maximum Gasteiger partial charge on any atom is 0.433 e. The van der Waals surface area contributed by atoms with E-state index in [0.717, 1.165) is 18.3 Å². The SMILES string of the molecule is O=C(c1ccc([N+](=O)[O-])o1)N1CCCC(Oc2nccc(C(F)(F)F)n2)C1. The molecule has 144 valence electrons. The van der Waals surface area contributed by atoms with Crippen molar-refractivity contribution in [2.24, 2.45) is 0 Å². The number of amides is 1. The third kappa shape index (κ3) is 4.33. The minimum atomic E-state index is -4.62. The van der Waals surface area contributed by atoms with Gasteiger partial charge in [-0.2, -0.15) is 18.2 Å². The van der Waals surface area contributed by atoms with E-state index in [2.05, 4.69) is 9.97 Å². The highest BCUT2D eigenvalue weighted by molar-refractivity contribution is 5.91. The molecule has 0 N–H and O–H groups in total. The lowest BCUT2D eigenvalue weighted by atomic mass is 10.1. The van der Waals surface area contributed by atoms with Gasteiger partial charge in [0.1, 0.15) is 11.0 Å². The molecule has 2 aromatic rings. The monoisotopic (exact) mass is 386 g/mol. The van der Waals surface area contributed by atoms with Crippen LogP contribution in [-0.2, 0) is 6.18 Å². The Hall–Kier alpha value is -3.18. The Balaban J connectivity index is 1.67. The van der Waals surface area contributed by atoms with Crippen LogP contribution < -0.4 is 4.74 Å². The highest BCUT2D eigenvalue weighted by Gasteiger charge is 2.34. The Kier molecular flexibility index (Phi) is 4.97. The first-order valence-corrected chi connectivity index (χ1v) is 7.84. The number of furan rings is 1. The highest BCUT2D eigenvalue weighted by atomic mass is 19.4. The fourth-order valence-electron chi connectivity index (χ4n) is 2.62. The van der Waals surface area contributed by atoms with E-state index in [4.69, 9.17) is 9.15 Å². The van der Waals surface area contributed by atoms with Crippen LogP contribution in [0.2, 0.25) is 0 Å². The quantitative estimate of drug-likeness (QED) is 0.587. The van der Waals surface area contributed by atoms with Crippen LogP contribution in [-0.4, -0.2) is 44.9 Å². The Morgan fingerprint density at radius 2 is 2.15 bits per heavy atom. The second-order valence-corrected chi connectivity index (χ2v) is 5.75. The molecule has 3 rings (SSSR count). The molecule has 9 nitrogen and oxygen atoms in total. The number of piperidine rings is 1. The largest absolute Gasteiger partial charge is 0.458 e. The molecular formula is C15H13F3N4O5. The normalized spacial score (nSPS) is 17.6. The molecule has 1 fully saturated rings. The Morgan fingerprint density at radius 1 is 1.37 bits per heavy atom. The van der Waals surface area contributed by atoms with Gasteiger partial charge in [0.05, 0.1) is 12.6 Å². The zero-order valence-corrected chi connectivity index (χ0v) is 13.7. The van der Waals surface area contributed by atoms with Crippen LogP contribution in [0.15, 0.2) is 28.8 Å². The average molecular weight is 386 g/mol. The lowest BCUT2D eigenvalue weighted by Gasteiger charge is -2.31. The molecule has 0 aromatic carbocycles. The lowest BCUT2D eigenvalue weighted by Crippen LogP contribution is -2.44. The van der Waals surface area contributed by atoms with E-state index in [1.165, 1.54) is 11.0 Å². The zero-order chi connectivity index (χ0) is 19.6. The number of hydrogen-bond acceptors (Lipinski definition) is 7. The third-order valence-electron chi connectivity index (χ3n) is 3.84. The van der Waals surface area contributed by atoms with E-state index < -0.39 is 40.7 Å². The molecule has 12 heteroatoms. The number of ether oxygens (including phenoxy) is 1. The van der Waals surface area contributed by atoms with Crippen molar-refractivity contribution in [1.82, 2.24) is 14.9 Å². The van der Waals surface area contributed by atoms with Gasteiger partial charge in [-0.15, -0.1) is 0 Å². The fourth-order valence-corrected chi connectivity index (χ4v) is 2.62. The predicted octanol–water partition coefficient (Wildman–Crippen LogP) is 2.68. The number of rotatable bonds is 4. The molecule has 3 heterocycles. The summed E-state index contributed by atoms with van der Waals surface area (Å²) < 4.78 is 48.4. The number of halogens is 3. The van der Waals surface area contributed by atoms with Gasteiger partial charge >= 0.3 is 18.1 Å². The van der Waals surface area contributed by atoms with Crippen molar-refractivity contribution in [2.45, 2.75) is 25.1 Å². The number of nitrogens with zero attached hydrogens (tertiary/aromatic N) is 4. The van der Waals surface area contributed by atoms with Gasteiger partial charge in [-0.3, -0.25) is 14.9 Å². The first-order valence-electron chi connectivity index (χ1n) is 7.84. The molecule has 2 aromatic heterocycles. The smallest absolute Gasteiger partial charge is 0.433 e. The van der Waals surface area contributed by atoms with Gasteiger partial charge in [-0.05, 0) is 25.0 Å². The first kappa shape index (κ1) is 18.6. The number of aromatic nitrogens is 2. The zero-order valence-electron chi connectivity index (χ0n) is 13.7. The van der Waals surface area contributed by atoms with Gasteiger partial charge in [0.2, 0.25) is 0 Å². The van der Waals surface area contributed by atoms with Gasteiger partial charge in [-0.25, -0.2) is 4.98 Å². The van der Waals surface area contributed by atoms with Crippen molar-refractivity contribution in [2.75, 3.05) is 13.1 Å². The van der Waals surface area contributed by atoms with Gasteiger partial charge in [0.25, 0.3) is 5.91 Å². The van der Waals surface area contributed by atoms with Crippen LogP contribution in [0.5, 0.6) is 6.01 Å².